The lowest BCUT2D eigenvalue weighted by Gasteiger charge is -2.32. The van der Waals surface area contributed by atoms with Crippen molar-refractivity contribution in [3.05, 3.63) is 226 Å². The summed E-state index contributed by atoms with van der Waals surface area (Å²) in [5, 5.41) is 8.29. The van der Waals surface area contributed by atoms with Gasteiger partial charge < -0.3 is 0 Å². The third-order valence-electron chi connectivity index (χ3n) is 11.7. The van der Waals surface area contributed by atoms with Crippen molar-refractivity contribution >= 4 is 47.7 Å². The number of benzene rings is 8. The Morgan fingerprint density at radius 1 is 0.273 bits per heavy atom. The van der Waals surface area contributed by atoms with Gasteiger partial charge in [-0.15, -0.1) is 0 Å². The summed E-state index contributed by atoms with van der Waals surface area (Å²) in [6.07, 6.45) is 0. The molecule has 2 heteroatoms. The number of rotatable bonds is 6. The van der Waals surface area contributed by atoms with E-state index in [1.165, 1.54) is 98.6 Å². The van der Waals surface area contributed by atoms with Gasteiger partial charge in [0.25, 0.3) is 0 Å². The molecule has 2 aliphatic carbocycles. The van der Waals surface area contributed by atoms with Crippen molar-refractivity contribution in [1.82, 2.24) is 0 Å². The molecule has 2 aliphatic rings. The van der Waals surface area contributed by atoms with Crippen molar-refractivity contribution in [2.24, 2.45) is 0 Å². The molecule has 0 fully saturated rings. The van der Waals surface area contributed by atoms with Crippen LogP contribution in [-0.4, -0.2) is 0 Å². The van der Waals surface area contributed by atoms with Crippen LogP contribution in [0.2, 0.25) is 0 Å². The summed E-state index contributed by atoms with van der Waals surface area (Å²) in [5.74, 6) is 0. The van der Waals surface area contributed by atoms with E-state index >= 15 is 0 Å². The van der Waals surface area contributed by atoms with Crippen LogP contribution in [0.5, 0.6) is 0 Å². The van der Waals surface area contributed by atoms with Gasteiger partial charge in [0.05, 0.1) is 5.41 Å². The molecule has 0 unspecified atom stereocenters. The van der Waals surface area contributed by atoms with Crippen LogP contribution in [0, 0.1) is 27.7 Å². The highest BCUT2D eigenvalue weighted by atomic mass is 31.1. The molecule has 0 aliphatic heterocycles. The maximum absolute atomic E-state index is 2.60. The molecule has 0 N–H and O–H groups in total. The van der Waals surface area contributed by atoms with Crippen LogP contribution in [0.3, 0.4) is 0 Å². The average Bonchev–Trinajstić information content (AvgIpc) is 3.68. The minimum atomic E-state index is -0.798. The number of hydrogen-bond donors (Lipinski definition) is 0. The third kappa shape index (κ3) is 5.50. The molecule has 0 bridgehead atoms. The minimum absolute atomic E-state index is 0.438. The molecule has 0 nitrogen and oxygen atoms in total. The van der Waals surface area contributed by atoms with Crippen LogP contribution in [0.1, 0.15) is 44.5 Å². The Bertz CT molecular complexity index is 2440. The van der Waals surface area contributed by atoms with E-state index in [1.54, 1.807) is 0 Å². The van der Waals surface area contributed by atoms with Crippen molar-refractivity contribution in [3.8, 4) is 22.3 Å². The molecule has 0 saturated carbocycles. The molecule has 8 aromatic rings. The largest absolute Gasteiger partial charge is 0.0726 e. The fourth-order valence-electron chi connectivity index (χ4n) is 9.06. The van der Waals surface area contributed by atoms with Crippen molar-refractivity contribution in [1.29, 1.82) is 0 Å². The Kier molecular flexibility index (Phi) is 8.33. The molecule has 0 saturated heterocycles. The Hall–Kier alpha value is -5.38. The second-order valence-corrected chi connectivity index (χ2v) is 19.8. The van der Waals surface area contributed by atoms with E-state index in [4.69, 9.17) is 0 Å². The van der Waals surface area contributed by atoms with E-state index in [0.717, 1.165) is 0 Å². The van der Waals surface area contributed by atoms with Gasteiger partial charge in [0.1, 0.15) is 0 Å². The molecule has 264 valence electrons. The molecular formula is C53H42P2. The first-order valence-electron chi connectivity index (χ1n) is 19.3. The molecule has 0 atom stereocenters. The summed E-state index contributed by atoms with van der Waals surface area (Å²) < 4.78 is 0. The molecule has 0 amide bonds. The number of fused-ring (bicyclic) bond motifs is 10. The first-order valence-corrected chi connectivity index (χ1v) is 21.9. The smallest absolute Gasteiger partial charge is 0.0619 e. The Morgan fingerprint density at radius 2 is 0.545 bits per heavy atom. The van der Waals surface area contributed by atoms with Crippen molar-refractivity contribution < 1.29 is 0 Å². The van der Waals surface area contributed by atoms with E-state index in [1.807, 2.05) is 0 Å². The van der Waals surface area contributed by atoms with Gasteiger partial charge in [-0.2, -0.15) is 0 Å². The molecule has 0 radical (unpaired) electrons. The lowest BCUT2D eigenvalue weighted by Crippen LogP contribution is -2.29. The number of hydrogen-bond acceptors (Lipinski definition) is 0. The molecule has 0 heterocycles. The first kappa shape index (κ1) is 34.1. The van der Waals surface area contributed by atoms with Gasteiger partial charge in [0, 0.05) is 0 Å². The van der Waals surface area contributed by atoms with Gasteiger partial charge in [-0.3, -0.25) is 0 Å². The highest BCUT2D eigenvalue weighted by Gasteiger charge is 2.52. The summed E-state index contributed by atoms with van der Waals surface area (Å²) >= 11 is 0. The predicted octanol–water partition coefficient (Wildman–Crippen LogP) is 10.8. The van der Waals surface area contributed by atoms with Crippen LogP contribution in [0.15, 0.2) is 182 Å². The first-order chi connectivity index (χ1) is 26.9. The second kappa shape index (κ2) is 13.4. The Labute approximate surface area is 328 Å². The summed E-state index contributed by atoms with van der Waals surface area (Å²) in [6, 6.07) is 70.3. The molecule has 10 rings (SSSR count). The van der Waals surface area contributed by atoms with E-state index < -0.39 is 21.3 Å². The van der Waals surface area contributed by atoms with E-state index in [9.17, 15) is 0 Å². The van der Waals surface area contributed by atoms with Gasteiger partial charge >= 0.3 is 0 Å². The molecule has 55 heavy (non-hydrogen) atoms. The standard InChI is InChI=1S/C53H42P2/c1-35-13-21-39(22-14-35)54(40-23-15-36(2)16-24-40)43-29-31-47-45-9-5-7-11-49(45)53(51(47)33-43)50-12-8-6-10-46(50)48-32-30-44(34-52(48)53)55(41-25-17-37(3)18-26-41)42-27-19-38(4)20-28-42/h5-34H,1-4H3. The van der Waals surface area contributed by atoms with Crippen LogP contribution in [0.4, 0.5) is 0 Å². The zero-order chi connectivity index (χ0) is 37.3. The zero-order valence-corrected chi connectivity index (χ0v) is 33.5. The topological polar surface area (TPSA) is 0 Å². The average molecular weight is 741 g/mol. The molecule has 8 aromatic carbocycles. The van der Waals surface area contributed by atoms with Gasteiger partial charge in [0.15, 0.2) is 0 Å². The fourth-order valence-corrected chi connectivity index (χ4v) is 13.6. The van der Waals surface area contributed by atoms with Crippen molar-refractivity contribution in [2.75, 3.05) is 0 Å². The van der Waals surface area contributed by atoms with Crippen LogP contribution < -0.4 is 31.8 Å². The highest BCUT2D eigenvalue weighted by molar-refractivity contribution is 7.80. The van der Waals surface area contributed by atoms with Crippen molar-refractivity contribution in [3.63, 3.8) is 0 Å². The summed E-state index contributed by atoms with van der Waals surface area (Å²) in [7, 11) is -1.60. The SMILES string of the molecule is Cc1ccc(P(c2ccc(C)cc2)c2ccc3c(c2)C2(c4ccccc4-3)c3ccccc3-c3ccc(P(c4ccc(C)cc4)c4ccc(C)cc4)cc32)cc1. The van der Waals surface area contributed by atoms with E-state index in [0.29, 0.717) is 0 Å². The molecule has 0 aromatic heterocycles. The Morgan fingerprint density at radius 3 is 0.873 bits per heavy atom. The fraction of sp³-hybridized carbons (Fsp3) is 0.0943. The number of aryl methyl sites for hydroxylation is 4. The normalized spacial score (nSPS) is 13.2. The lowest BCUT2D eigenvalue weighted by atomic mass is 9.70. The van der Waals surface area contributed by atoms with Gasteiger partial charge in [-0.25, -0.2) is 0 Å². The van der Waals surface area contributed by atoms with Gasteiger partial charge in [0.2, 0.25) is 0 Å². The van der Waals surface area contributed by atoms with Crippen LogP contribution in [-0.2, 0) is 5.41 Å². The summed E-state index contributed by atoms with van der Waals surface area (Å²) in [4.78, 5) is 0. The van der Waals surface area contributed by atoms with Gasteiger partial charge in [-0.05, 0) is 132 Å². The maximum Gasteiger partial charge on any atom is 0.0726 e. The monoisotopic (exact) mass is 740 g/mol. The van der Waals surface area contributed by atoms with Crippen LogP contribution in [0.25, 0.3) is 22.3 Å². The van der Waals surface area contributed by atoms with Crippen molar-refractivity contribution in [2.45, 2.75) is 33.1 Å². The predicted molar refractivity (Wildman–Crippen MR) is 239 cm³/mol. The minimum Gasteiger partial charge on any atom is -0.0619 e. The molecular weight excluding hydrogens is 699 g/mol. The summed E-state index contributed by atoms with van der Waals surface area (Å²) in [6.45, 7) is 8.73. The zero-order valence-electron chi connectivity index (χ0n) is 31.7. The van der Waals surface area contributed by atoms with Gasteiger partial charge in [-0.1, -0.05) is 192 Å². The van der Waals surface area contributed by atoms with E-state index in [2.05, 4.69) is 210 Å². The summed E-state index contributed by atoms with van der Waals surface area (Å²) in [5.41, 5.74) is 15.6. The third-order valence-corrected chi connectivity index (χ3v) is 16.6. The highest BCUT2D eigenvalue weighted by Crippen LogP contribution is 2.63. The maximum atomic E-state index is 2.60. The molecule has 1 spiro atoms. The lowest BCUT2D eigenvalue weighted by molar-refractivity contribution is 0.795. The van der Waals surface area contributed by atoms with Crippen LogP contribution >= 0.6 is 15.8 Å². The van der Waals surface area contributed by atoms with E-state index in [-0.39, 0.29) is 0 Å². The quantitative estimate of drug-likeness (QED) is 0.149. The Balaban J connectivity index is 1.24. The second-order valence-electron chi connectivity index (χ2n) is 15.3.